The highest BCUT2D eigenvalue weighted by molar-refractivity contribution is 8.18. The molecule has 0 atom stereocenters. The smallest absolute Gasteiger partial charge is 0.410 e. The molecule has 8 heteroatoms. The molecule has 1 amide bonds. The Morgan fingerprint density at radius 1 is 1.30 bits per heavy atom. The summed E-state index contributed by atoms with van der Waals surface area (Å²) in [6, 6.07) is 2.97. The average molecular weight is 415 g/mol. The van der Waals surface area contributed by atoms with Crippen molar-refractivity contribution in [2.24, 2.45) is 0 Å². The number of hydrogen-bond donors (Lipinski definition) is 1. The van der Waals surface area contributed by atoms with Gasteiger partial charge in [-0.05, 0) is 63.7 Å². The van der Waals surface area contributed by atoms with Crippen LogP contribution < -0.4 is 0 Å². The van der Waals surface area contributed by atoms with E-state index in [4.69, 9.17) is 4.74 Å². The molecular formula is C19H27FN2O3S2. The van der Waals surface area contributed by atoms with Crippen molar-refractivity contribution in [3.8, 4) is 0 Å². The van der Waals surface area contributed by atoms with Gasteiger partial charge >= 0.3 is 6.09 Å². The Hall–Kier alpha value is -0.990. The third-order valence-electron chi connectivity index (χ3n) is 4.82. The van der Waals surface area contributed by atoms with Crippen molar-refractivity contribution in [3.05, 3.63) is 29.8 Å². The summed E-state index contributed by atoms with van der Waals surface area (Å²) < 4.78 is 19.2. The van der Waals surface area contributed by atoms with Crippen LogP contribution in [0.1, 0.15) is 45.7 Å². The lowest BCUT2D eigenvalue weighted by Crippen LogP contribution is -2.57. The van der Waals surface area contributed by atoms with E-state index in [0.29, 0.717) is 31.6 Å². The number of amides is 1. The van der Waals surface area contributed by atoms with E-state index in [1.807, 2.05) is 20.8 Å². The fourth-order valence-electron chi connectivity index (χ4n) is 3.50. The first kappa shape index (κ1) is 20.7. The number of aromatic nitrogens is 1. The number of nitrogens with zero attached hydrogens (tertiary/aromatic N) is 2. The van der Waals surface area contributed by atoms with Gasteiger partial charge in [0.15, 0.2) is 0 Å². The van der Waals surface area contributed by atoms with Gasteiger partial charge in [0.05, 0.1) is 5.60 Å². The second kappa shape index (κ2) is 7.79. The number of pyridine rings is 1. The lowest BCUT2D eigenvalue weighted by molar-refractivity contribution is -0.0408. The van der Waals surface area contributed by atoms with Crippen LogP contribution in [0.5, 0.6) is 0 Å². The highest BCUT2D eigenvalue weighted by Gasteiger charge is 2.57. The lowest BCUT2D eigenvalue weighted by Gasteiger charge is -2.51. The predicted molar refractivity (Wildman–Crippen MR) is 107 cm³/mol. The molecule has 150 valence electrons. The zero-order valence-corrected chi connectivity index (χ0v) is 17.7. The van der Waals surface area contributed by atoms with Crippen molar-refractivity contribution >= 4 is 29.6 Å². The fourth-order valence-corrected chi connectivity index (χ4v) is 7.19. The zero-order valence-electron chi connectivity index (χ0n) is 16.0. The second-order valence-corrected chi connectivity index (χ2v) is 10.9. The minimum Gasteiger partial charge on any atom is -0.444 e. The largest absolute Gasteiger partial charge is 0.444 e. The Morgan fingerprint density at radius 3 is 2.48 bits per heavy atom. The van der Waals surface area contributed by atoms with E-state index in [1.165, 1.54) is 6.07 Å². The van der Waals surface area contributed by atoms with Gasteiger partial charge in [-0.15, -0.1) is 23.5 Å². The molecule has 2 aliphatic rings. The zero-order chi connectivity index (χ0) is 19.7. The Labute approximate surface area is 168 Å². The van der Waals surface area contributed by atoms with Crippen LogP contribution in [-0.4, -0.2) is 56.9 Å². The van der Waals surface area contributed by atoms with Gasteiger partial charge in [-0.3, -0.25) is 4.98 Å². The van der Waals surface area contributed by atoms with Gasteiger partial charge < -0.3 is 14.7 Å². The molecule has 1 aromatic rings. The molecule has 5 nitrogen and oxygen atoms in total. The molecule has 3 rings (SSSR count). The Bertz CT molecular complexity index is 682. The van der Waals surface area contributed by atoms with Gasteiger partial charge in [0.2, 0.25) is 0 Å². The van der Waals surface area contributed by atoms with Gasteiger partial charge in [0, 0.05) is 19.3 Å². The summed E-state index contributed by atoms with van der Waals surface area (Å²) >= 11 is 3.16. The van der Waals surface area contributed by atoms with Crippen molar-refractivity contribution in [2.75, 3.05) is 24.6 Å². The fraction of sp³-hybridized carbons (Fsp3) is 0.684. The number of thioether (sulfide) groups is 2. The molecule has 0 spiro atoms. The highest BCUT2D eigenvalue weighted by Crippen LogP contribution is 2.59. The van der Waals surface area contributed by atoms with E-state index in [0.717, 1.165) is 17.9 Å². The van der Waals surface area contributed by atoms with E-state index in [9.17, 15) is 14.3 Å². The van der Waals surface area contributed by atoms with Crippen LogP contribution >= 0.6 is 23.5 Å². The van der Waals surface area contributed by atoms with E-state index in [1.54, 1.807) is 40.7 Å². The molecule has 1 aromatic heterocycles. The van der Waals surface area contributed by atoms with Crippen molar-refractivity contribution in [2.45, 2.75) is 55.3 Å². The number of carbonyl (C=O) groups excluding carboxylic acids is 1. The molecule has 3 heterocycles. The lowest BCUT2D eigenvalue weighted by atomic mass is 9.85. The third-order valence-corrected chi connectivity index (χ3v) is 8.48. The number of piperidine rings is 1. The van der Waals surface area contributed by atoms with Gasteiger partial charge in [-0.25, -0.2) is 9.18 Å². The monoisotopic (exact) mass is 414 g/mol. The molecule has 0 aromatic carbocycles. The SMILES string of the molecule is CC(C)(C)OC(=O)N1CCC(O)(C2(c3ncccc3F)SCCCS2)CC1. The van der Waals surface area contributed by atoms with Crippen LogP contribution in [-0.2, 0) is 8.82 Å². The first-order chi connectivity index (χ1) is 12.7. The minimum atomic E-state index is -1.14. The number of rotatable bonds is 2. The molecular weight excluding hydrogens is 387 g/mol. The van der Waals surface area contributed by atoms with E-state index in [-0.39, 0.29) is 11.9 Å². The van der Waals surface area contributed by atoms with E-state index < -0.39 is 15.3 Å². The van der Waals surface area contributed by atoms with Crippen molar-refractivity contribution in [1.29, 1.82) is 0 Å². The van der Waals surface area contributed by atoms with Crippen LogP contribution in [0, 0.1) is 5.82 Å². The molecule has 0 unspecified atom stereocenters. The topological polar surface area (TPSA) is 62.7 Å². The van der Waals surface area contributed by atoms with Crippen LogP contribution in [0.4, 0.5) is 9.18 Å². The van der Waals surface area contributed by atoms with Gasteiger partial charge in [0.1, 0.15) is 21.2 Å². The van der Waals surface area contributed by atoms with Crippen LogP contribution in [0.15, 0.2) is 18.3 Å². The minimum absolute atomic E-state index is 0.313. The first-order valence-electron chi connectivity index (χ1n) is 9.26. The van der Waals surface area contributed by atoms with Gasteiger partial charge in [-0.1, -0.05) is 0 Å². The maximum Gasteiger partial charge on any atom is 0.410 e. The number of likely N-dealkylation sites (tertiary alicyclic amines) is 1. The van der Waals surface area contributed by atoms with Crippen LogP contribution in [0.25, 0.3) is 0 Å². The number of halogens is 1. The summed E-state index contributed by atoms with van der Waals surface area (Å²) in [4.78, 5) is 18.3. The van der Waals surface area contributed by atoms with E-state index >= 15 is 0 Å². The molecule has 0 bridgehead atoms. The Kier molecular flexibility index (Phi) is 5.99. The maximum atomic E-state index is 14.6. The average Bonchev–Trinajstić information content (AvgIpc) is 2.62. The van der Waals surface area contributed by atoms with Gasteiger partial charge in [-0.2, -0.15) is 0 Å². The molecule has 0 saturated carbocycles. The number of ether oxygens (including phenoxy) is 1. The molecule has 27 heavy (non-hydrogen) atoms. The maximum absolute atomic E-state index is 14.6. The molecule has 1 N–H and O–H groups in total. The van der Waals surface area contributed by atoms with Crippen molar-refractivity contribution < 1.29 is 19.0 Å². The Morgan fingerprint density at radius 2 is 1.93 bits per heavy atom. The number of hydrogen-bond acceptors (Lipinski definition) is 6. The summed E-state index contributed by atoms with van der Waals surface area (Å²) in [7, 11) is 0. The van der Waals surface area contributed by atoms with Gasteiger partial charge in [0.25, 0.3) is 0 Å². The van der Waals surface area contributed by atoms with Crippen molar-refractivity contribution in [1.82, 2.24) is 9.88 Å². The number of carbonyl (C=O) groups is 1. The summed E-state index contributed by atoms with van der Waals surface area (Å²) in [5.74, 6) is 1.31. The Balaban J connectivity index is 1.83. The summed E-state index contributed by atoms with van der Waals surface area (Å²) in [5, 5.41) is 11.6. The summed E-state index contributed by atoms with van der Waals surface area (Å²) in [6.45, 7) is 6.25. The quantitative estimate of drug-likeness (QED) is 0.789. The number of aliphatic hydroxyl groups is 1. The van der Waals surface area contributed by atoms with E-state index in [2.05, 4.69) is 4.98 Å². The molecule has 0 aliphatic carbocycles. The van der Waals surface area contributed by atoms with Crippen LogP contribution in [0.2, 0.25) is 0 Å². The van der Waals surface area contributed by atoms with Crippen molar-refractivity contribution in [3.63, 3.8) is 0 Å². The normalized spacial score (nSPS) is 22.3. The first-order valence-corrected chi connectivity index (χ1v) is 11.2. The summed E-state index contributed by atoms with van der Waals surface area (Å²) in [5.41, 5.74) is -1.39. The molecule has 0 radical (unpaired) electrons. The standard InChI is InChI=1S/C19H27FN2O3S2/c1-17(2,3)25-16(23)22-10-7-18(24,8-11-22)19(26-12-5-13-27-19)15-14(20)6-4-9-21-15/h4,6,9,24H,5,7-8,10-13H2,1-3H3. The molecule has 2 aliphatic heterocycles. The van der Waals surface area contributed by atoms with Crippen LogP contribution in [0.3, 0.4) is 0 Å². The predicted octanol–water partition coefficient (Wildman–Crippen LogP) is 4.01. The molecule has 2 saturated heterocycles. The molecule has 2 fully saturated rings. The third kappa shape index (κ3) is 4.22. The second-order valence-electron chi connectivity index (χ2n) is 8.00. The highest BCUT2D eigenvalue weighted by atomic mass is 32.2. The summed E-state index contributed by atoms with van der Waals surface area (Å²) in [6.07, 6.45) is 2.96.